The van der Waals surface area contributed by atoms with Crippen molar-refractivity contribution in [3.8, 4) is 0 Å². The third kappa shape index (κ3) is 2.68. The Kier molecular flexibility index (Phi) is 3.64. The van der Waals surface area contributed by atoms with Gasteiger partial charge in [-0.15, -0.1) is 0 Å². The molecule has 1 atom stereocenters. The number of nitrogens with zero attached hydrogens (tertiary/aromatic N) is 1. The van der Waals surface area contributed by atoms with Crippen LogP contribution in [-0.2, 0) is 12.0 Å². The van der Waals surface area contributed by atoms with Crippen molar-refractivity contribution in [1.29, 1.82) is 0 Å². The van der Waals surface area contributed by atoms with Gasteiger partial charge >= 0.3 is 0 Å². The average molecular weight is 266 g/mol. The van der Waals surface area contributed by atoms with Gasteiger partial charge in [0.25, 0.3) is 0 Å². The van der Waals surface area contributed by atoms with Crippen LogP contribution < -0.4 is 0 Å². The van der Waals surface area contributed by atoms with E-state index in [0.717, 1.165) is 0 Å². The lowest BCUT2D eigenvalue weighted by Crippen LogP contribution is -2.24. The third-order valence-corrected chi connectivity index (χ3v) is 3.27. The molecule has 0 bridgehead atoms. The molecule has 1 aromatic carbocycles. The van der Waals surface area contributed by atoms with Gasteiger partial charge in [-0.2, -0.15) is 0 Å². The summed E-state index contributed by atoms with van der Waals surface area (Å²) in [7, 11) is 0. The van der Waals surface area contributed by atoms with E-state index in [1.54, 1.807) is 43.6 Å². The molecule has 2 rings (SSSR count). The highest BCUT2D eigenvalue weighted by Crippen LogP contribution is 2.29. The molecule has 0 aliphatic heterocycles. The second kappa shape index (κ2) is 5.04. The van der Waals surface area contributed by atoms with E-state index in [1.165, 1.54) is 6.07 Å². The van der Waals surface area contributed by atoms with Crippen LogP contribution in [0.5, 0.6) is 0 Å². The van der Waals surface area contributed by atoms with Crippen molar-refractivity contribution in [3.05, 3.63) is 64.7 Å². The minimum absolute atomic E-state index is 0.0571. The van der Waals surface area contributed by atoms with E-state index in [2.05, 4.69) is 4.98 Å². The first-order chi connectivity index (χ1) is 8.50. The molecule has 0 saturated carbocycles. The van der Waals surface area contributed by atoms with E-state index in [-0.39, 0.29) is 11.4 Å². The monoisotopic (exact) mass is 265 g/mol. The van der Waals surface area contributed by atoms with Crippen molar-refractivity contribution in [1.82, 2.24) is 4.98 Å². The Labute approximate surface area is 110 Å². The summed E-state index contributed by atoms with van der Waals surface area (Å²) in [5.41, 5.74) is 0.113. The molecule has 0 saturated heterocycles. The lowest BCUT2D eigenvalue weighted by molar-refractivity contribution is 0.0572. The summed E-state index contributed by atoms with van der Waals surface area (Å²) in [5, 5.41) is 10.5. The zero-order valence-corrected chi connectivity index (χ0v) is 10.7. The number of halogens is 2. The highest BCUT2D eigenvalue weighted by atomic mass is 35.5. The molecule has 1 aromatic heterocycles. The lowest BCUT2D eigenvalue weighted by atomic mass is 9.90. The van der Waals surface area contributed by atoms with E-state index < -0.39 is 11.4 Å². The van der Waals surface area contributed by atoms with Crippen molar-refractivity contribution in [2.45, 2.75) is 18.9 Å². The summed E-state index contributed by atoms with van der Waals surface area (Å²) in [6.07, 6.45) is 3.46. The van der Waals surface area contributed by atoms with Crippen molar-refractivity contribution >= 4 is 11.6 Å². The van der Waals surface area contributed by atoms with E-state index >= 15 is 0 Å². The van der Waals surface area contributed by atoms with Gasteiger partial charge in [0.15, 0.2) is 0 Å². The molecule has 0 aliphatic carbocycles. The summed E-state index contributed by atoms with van der Waals surface area (Å²) in [4.78, 5) is 3.97. The van der Waals surface area contributed by atoms with Gasteiger partial charge in [-0.25, -0.2) is 4.39 Å². The summed E-state index contributed by atoms with van der Waals surface area (Å²) in [6.45, 7) is 1.66. The Bertz CT molecular complexity index is 543. The topological polar surface area (TPSA) is 33.1 Å². The highest BCUT2D eigenvalue weighted by molar-refractivity contribution is 6.31. The predicted octanol–water partition coefficient (Wildman–Crippen LogP) is 3.32. The fourth-order valence-corrected chi connectivity index (χ4v) is 2.03. The fourth-order valence-electron chi connectivity index (χ4n) is 1.84. The molecule has 18 heavy (non-hydrogen) atoms. The van der Waals surface area contributed by atoms with Crippen molar-refractivity contribution in [2.75, 3.05) is 0 Å². The summed E-state index contributed by atoms with van der Waals surface area (Å²) in [6, 6.07) is 8.11. The van der Waals surface area contributed by atoms with Crippen LogP contribution in [-0.4, -0.2) is 10.1 Å². The molecule has 1 N–H and O–H groups in total. The number of benzene rings is 1. The van der Waals surface area contributed by atoms with E-state index in [4.69, 9.17) is 11.6 Å². The van der Waals surface area contributed by atoms with Crippen LogP contribution in [0.15, 0.2) is 42.7 Å². The van der Waals surface area contributed by atoms with Gasteiger partial charge in [-0.05, 0) is 24.6 Å². The normalized spacial score (nSPS) is 14.2. The van der Waals surface area contributed by atoms with Crippen molar-refractivity contribution in [2.24, 2.45) is 0 Å². The van der Waals surface area contributed by atoms with Crippen LogP contribution in [0.3, 0.4) is 0 Å². The Morgan fingerprint density at radius 2 is 2.11 bits per heavy atom. The van der Waals surface area contributed by atoms with Crippen molar-refractivity contribution < 1.29 is 9.50 Å². The predicted molar refractivity (Wildman–Crippen MR) is 68.9 cm³/mol. The fraction of sp³-hybridized carbons (Fsp3) is 0.214. The maximum absolute atomic E-state index is 13.3. The molecule has 1 heterocycles. The van der Waals surface area contributed by atoms with Crippen LogP contribution in [0.1, 0.15) is 18.1 Å². The number of hydrogen-bond acceptors (Lipinski definition) is 2. The quantitative estimate of drug-likeness (QED) is 0.923. The van der Waals surface area contributed by atoms with E-state index in [0.29, 0.717) is 11.1 Å². The molecule has 0 fully saturated rings. The zero-order chi connectivity index (χ0) is 13.2. The largest absolute Gasteiger partial charge is 0.385 e. The van der Waals surface area contributed by atoms with Gasteiger partial charge in [-0.1, -0.05) is 29.8 Å². The molecule has 94 valence electrons. The van der Waals surface area contributed by atoms with Crippen LogP contribution in [0, 0.1) is 5.82 Å². The van der Waals surface area contributed by atoms with E-state index in [9.17, 15) is 9.50 Å². The number of pyridine rings is 1. The Hall–Kier alpha value is -1.45. The molecule has 2 nitrogen and oxygen atoms in total. The van der Waals surface area contributed by atoms with Crippen LogP contribution in [0.4, 0.5) is 4.39 Å². The standard InChI is InChI=1S/C14H13ClFNO/c1-14(18,11-5-3-7-17-9-11)8-10-4-2-6-12(16)13(10)15/h2-7,9,18H,8H2,1H3. The molecular weight excluding hydrogens is 253 g/mol. The molecule has 0 radical (unpaired) electrons. The van der Waals surface area contributed by atoms with Gasteiger partial charge in [-0.3, -0.25) is 4.98 Å². The first-order valence-corrected chi connectivity index (χ1v) is 5.94. The smallest absolute Gasteiger partial charge is 0.142 e. The van der Waals surface area contributed by atoms with Gasteiger partial charge in [0.1, 0.15) is 5.82 Å². The first kappa shape index (κ1) is 13.0. The number of aromatic nitrogens is 1. The van der Waals surface area contributed by atoms with Gasteiger partial charge in [0.2, 0.25) is 0 Å². The first-order valence-electron chi connectivity index (χ1n) is 5.56. The summed E-state index contributed by atoms with van der Waals surface area (Å²) in [5.74, 6) is -0.476. The Morgan fingerprint density at radius 1 is 1.33 bits per heavy atom. The third-order valence-electron chi connectivity index (χ3n) is 2.85. The Morgan fingerprint density at radius 3 is 2.78 bits per heavy atom. The van der Waals surface area contributed by atoms with Crippen LogP contribution in [0.2, 0.25) is 5.02 Å². The molecule has 0 spiro atoms. The summed E-state index contributed by atoms with van der Waals surface area (Å²) >= 11 is 5.89. The number of hydrogen-bond donors (Lipinski definition) is 1. The maximum atomic E-state index is 13.3. The average Bonchev–Trinajstić information content (AvgIpc) is 2.36. The summed E-state index contributed by atoms with van der Waals surface area (Å²) < 4.78 is 13.3. The maximum Gasteiger partial charge on any atom is 0.142 e. The zero-order valence-electron chi connectivity index (χ0n) is 9.90. The van der Waals surface area contributed by atoms with E-state index in [1.807, 2.05) is 0 Å². The number of aliphatic hydroxyl groups is 1. The SMILES string of the molecule is CC(O)(Cc1cccc(F)c1Cl)c1cccnc1. The van der Waals surface area contributed by atoms with Crippen molar-refractivity contribution in [3.63, 3.8) is 0 Å². The molecule has 4 heteroatoms. The molecule has 0 amide bonds. The molecule has 1 unspecified atom stereocenters. The van der Waals surface area contributed by atoms with Gasteiger partial charge in [0, 0.05) is 24.4 Å². The molecule has 2 aromatic rings. The molecular formula is C14H13ClFNO. The van der Waals surface area contributed by atoms with Crippen LogP contribution in [0.25, 0.3) is 0 Å². The molecule has 0 aliphatic rings. The highest BCUT2D eigenvalue weighted by Gasteiger charge is 2.25. The van der Waals surface area contributed by atoms with Gasteiger partial charge in [0.05, 0.1) is 10.6 Å². The van der Waals surface area contributed by atoms with Crippen LogP contribution >= 0.6 is 11.6 Å². The minimum atomic E-state index is -1.13. The Balaban J connectivity index is 2.31. The minimum Gasteiger partial charge on any atom is -0.385 e. The number of rotatable bonds is 3. The second-order valence-corrected chi connectivity index (χ2v) is 4.78. The van der Waals surface area contributed by atoms with Gasteiger partial charge < -0.3 is 5.11 Å². The lowest BCUT2D eigenvalue weighted by Gasteiger charge is -2.24. The second-order valence-electron chi connectivity index (χ2n) is 4.41.